The second kappa shape index (κ2) is 7.97. The van der Waals surface area contributed by atoms with Crippen molar-refractivity contribution in [2.24, 2.45) is 0 Å². The Kier molecular flexibility index (Phi) is 5.98. The van der Waals surface area contributed by atoms with Gasteiger partial charge in [0.05, 0.1) is 13.2 Å². The van der Waals surface area contributed by atoms with E-state index in [1.807, 2.05) is 39.0 Å². The van der Waals surface area contributed by atoms with E-state index in [1.165, 1.54) is 11.3 Å². The van der Waals surface area contributed by atoms with Crippen molar-refractivity contribution in [3.05, 3.63) is 29.3 Å². The van der Waals surface area contributed by atoms with Gasteiger partial charge in [-0.05, 0) is 38.5 Å². The van der Waals surface area contributed by atoms with Crippen LogP contribution < -0.4 is 14.8 Å². The zero-order valence-electron chi connectivity index (χ0n) is 13.9. The van der Waals surface area contributed by atoms with Crippen molar-refractivity contribution in [1.29, 1.82) is 0 Å². The number of nitrogens with one attached hydrogen (secondary N) is 1. The van der Waals surface area contributed by atoms with Gasteiger partial charge in [0.15, 0.2) is 11.5 Å². The molecule has 0 aliphatic heterocycles. The Hall–Kier alpha value is -2.08. The first kappa shape index (κ1) is 17.3. The summed E-state index contributed by atoms with van der Waals surface area (Å²) in [6.07, 6.45) is 0.973. The average molecular weight is 334 g/mol. The van der Waals surface area contributed by atoms with Gasteiger partial charge in [-0.3, -0.25) is 4.79 Å². The lowest BCUT2D eigenvalue weighted by atomic mass is 10.2. The number of carbonyl (C=O) groups is 1. The second-order valence-corrected chi connectivity index (χ2v) is 6.18. The zero-order valence-corrected chi connectivity index (χ0v) is 14.7. The second-order valence-electron chi connectivity index (χ2n) is 5.33. The van der Waals surface area contributed by atoms with E-state index in [0.717, 1.165) is 17.0 Å². The molecule has 0 aliphatic rings. The van der Waals surface area contributed by atoms with Crippen LogP contribution in [0.2, 0.25) is 0 Å². The van der Waals surface area contributed by atoms with Gasteiger partial charge in [0.2, 0.25) is 0 Å². The number of thiazole rings is 1. The van der Waals surface area contributed by atoms with E-state index in [0.29, 0.717) is 23.7 Å². The smallest absolute Gasteiger partial charge is 0.270 e. The first-order valence-corrected chi connectivity index (χ1v) is 8.52. The molecule has 6 heteroatoms. The number of amides is 1. The fourth-order valence-electron chi connectivity index (χ4n) is 1.99. The lowest BCUT2D eigenvalue weighted by Gasteiger charge is -2.14. The molecule has 1 aromatic heterocycles. The van der Waals surface area contributed by atoms with Gasteiger partial charge >= 0.3 is 0 Å². The van der Waals surface area contributed by atoms with Crippen LogP contribution in [0.25, 0.3) is 10.6 Å². The van der Waals surface area contributed by atoms with Crippen molar-refractivity contribution in [3.8, 4) is 22.1 Å². The fourth-order valence-corrected chi connectivity index (χ4v) is 2.79. The van der Waals surface area contributed by atoms with Crippen molar-refractivity contribution >= 4 is 17.2 Å². The predicted molar refractivity (Wildman–Crippen MR) is 92.5 cm³/mol. The fraction of sp³-hybridized carbons (Fsp3) is 0.412. The van der Waals surface area contributed by atoms with Crippen LogP contribution in [0.1, 0.15) is 37.7 Å². The highest BCUT2D eigenvalue weighted by atomic mass is 32.1. The highest BCUT2D eigenvalue weighted by molar-refractivity contribution is 7.13. The number of aromatic nitrogens is 1. The standard InChI is InChI=1S/C17H22N2O3S/c1-5-8-18-16(20)13-10-23-17(19-13)12-6-7-14(22-11(2)3)15(9-12)21-4/h6-7,9-11H,5,8H2,1-4H3,(H,18,20). The third-order valence-corrected chi connectivity index (χ3v) is 3.94. The summed E-state index contributed by atoms with van der Waals surface area (Å²) in [7, 11) is 1.61. The number of rotatable bonds is 7. The molecule has 2 rings (SSSR count). The van der Waals surface area contributed by atoms with Gasteiger partial charge < -0.3 is 14.8 Å². The SMILES string of the molecule is CCCNC(=O)c1csc(-c2ccc(OC(C)C)c(OC)c2)n1. The van der Waals surface area contributed by atoms with Gasteiger partial charge in [-0.1, -0.05) is 6.92 Å². The monoisotopic (exact) mass is 334 g/mol. The number of methoxy groups -OCH3 is 1. The predicted octanol–water partition coefficient (Wildman–Crippen LogP) is 3.75. The maximum absolute atomic E-state index is 11.9. The molecule has 5 nitrogen and oxygen atoms in total. The summed E-state index contributed by atoms with van der Waals surface area (Å²) in [6.45, 7) is 6.60. The van der Waals surface area contributed by atoms with E-state index in [4.69, 9.17) is 9.47 Å². The summed E-state index contributed by atoms with van der Waals surface area (Å²) in [5, 5.41) is 5.38. The minimum absolute atomic E-state index is 0.0727. The van der Waals surface area contributed by atoms with E-state index < -0.39 is 0 Å². The molecule has 0 spiro atoms. The molecule has 0 bridgehead atoms. The number of carbonyl (C=O) groups excluding carboxylic acids is 1. The Bertz CT molecular complexity index is 668. The van der Waals surface area contributed by atoms with Crippen LogP contribution in [0.4, 0.5) is 0 Å². The topological polar surface area (TPSA) is 60.5 Å². The number of hydrogen-bond acceptors (Lipinski definition) is 5. The molecule has 23 heavy (non-hydrogen) atoms. The highest BCUT2D eigenvalue weighted by Crippen LogP contribution is 2.34. The lowest BCUT2D eigenvalue weighted by Crippen LogP contribution is -2.24. The molecule has 0 fully saturated rings. The molecule has 0 saturated carbocycles. The van der Waals surface area contributed by atoms with E-state index in [1.54, 1.807) is 12.5 Å². The van der Waals surface area contributed by atoms with Crippen molar-refractivity contribution in [2.45, 2.75) is 33.3 Å². The molecular weight excluding hydrogens is 312 g/mol. The van der Waals surface area contributed by atoms with Gasteiger partial charge in [0.1, 0.15) is 10.7 Å². The van der Waals surface area contributed by atoms with Crippen molar-refractivity contribution in [1.82, 2.24) is 10.3 Å². The van der Waals surface area contributed by atoms with Crippen LogP contribution in [-0.4, -0.2) is 30.6 Å². The zero-order chi connectivity index (χ0) is 16.8. The molecule has 0 radical (unpaired) electrons. The summed E-state index contributed by atoms with van der Waals surface area (Å²) in [4.78, 5) is 16.3. The molecule has 1 heterocycles. The summed E-state index contributed by atoms with van der Waals surface area (Å²) < 4.78 is 11.1. The van der Waals surface area contributed by atoms with E-state index in [-0.39, 0.29) is 12.0 Å². The Morgan fingerprint density at radius 2 is 2.13 bits per heavy atom. The third-order valence-electron chi connectivity index (χ3n) is 3.05. The minimum atomic E-state index is -0.138. The Balaban J connectivity index is 2.22. The molecule has 0 aliphatic carbocycles. The van der Waals surface area contributed by atoms with Crippen molar-refractivity contribution in [3.63, 3.8) is 0 Å². The van der Waals surface area contributed by atoms with Crippen molar-refractivity contribution in [2.75, 3.05) is 13.7 Å². The largest absolute Gasteiger partial charge is 0.493 e. The number of ether oxygens (including phenoxy) is 2. The number of benzene rings is 1. The molecule has 1 N–H and O–H groups in total. The first-order valence-electron chi connectivity index (χ1n) is 7.64. The molecular formula is C17H22N2O3S. The molecule has 0 saturated heterocycles. The van der Waals surface area contributed by atoms with E-state index in [9.17, 15) is 4.79 Å². The Labute approximate surface area is 140 Å². The molecule has 1 amide bonds. The maximum atomic E-state index is 11.9. The molecule has 2 aromatic rings. The quantitative estimate of drug-likeness (QED) is 0.838. The molecule has 124 valence electrons. The van der Waals surface area contributed by atoms with Crippen LogP contribution in [0, 0.1) is 0 Å². The van der Waals surface area contributed by atoms with Crippen LogP contribution in [-0.2, 0) is 0 Å². The summed E-state index contributed by atoms with van der Waals surface area (Å²) in [5.74, 6) is 1.22. The van der Waals surface area contributed by atoms with Gasteiger partial charge in [0.25, 0.3) is 5.91 Å². The van der Waals surface area contributed by atoms with E-state index >= 15 is 0 Å². The van der Waals surface area contributed by atoms with Gasteiger partial charge in [-0.15, -0.1) is 11.3 Å². The van der Waals surface area contributed by atoms with Crippen LogP contribution >= 0.6 is 11.3 Å². The van der Waals surface area contributed by atoms with Crippen LogP contribution in [0.5, 0.6) is 11.5 Å². The summed E-state index contributed by atoms with van der Waals surface area (Å²) in [5.41, 5.74) is 1.34. The average Bonchev–Trinajstić information content (AvgIpc) is 3.02. The lowest BCUT2D eigenvalue weighted by molar-refractivity contribution is 0.0949. The van der Waals surface area contributed by atoms with Crippen LogP contribution in [0.15, 0.2) is 23.6 Å². The van der Waals surface area contributed by atoms with Gasteiger partial charge in [-0.25, -0.2) is 4.98 Å². The highest BCUT2D eigenvalue weighted by Gasteiger charge is 2.14. The normalized spacial score (nSPS) is 10.7. The number of hydrogen-bond donors (Lipinski definition) is 1. The summed E-state index contributed by atoms with van der Waals surface area (Å²) >= 11 is 1.44. The molecule has 0 unspecified atom stereocenters. The maximum Gasteiger partial charge on any atom is 0.270 e. The summed E-state index contributed by atoms with van der Waals surface area (Å²) in [6, 6.07) is 5.67. The van der Waals surface area contributed by atoms with Gasteiger partial charge in [-0.2, -0.15) is 0 Å². The first-order chi connectivity index (χ1) is 11.0. The minimum Gasteiger partial charge on any atom is -0.493 e. The van der Waals surface area contributed by atoms with Crippen LogP contribution in [0.3, 0.4) is 0 Å². The molecule has 1 aromatic carbocycles. The Morgan fingerprint density at radius 3 is 2.78 bits per heavy atom. The van der Waals surface area contributed by atoms with Crippen molar-refractivity contribution < 1.29 is 14.3 Å². The van der Waals surface area contributed by atoms with Gasteiger partial charge in [0, 0.05) is 17.5 Å². The van der Waals surface area contributed by atoms with E-state index in [2.05, 4.69) is 10.3 Å². The number of nitrogens with zero attached hydrogens (tertiary/aromatic N) is 1. The third kappa shape index (κ3) is 4.45. The Morgan fingerprint density at radius 1 is 1.35 bits per heavy atom. The molecule has 0 atom stereocenters.